The van der Waals surface area contributed by atoms with Gasteiger partial charge >= 0.3 is 0 Å². The van der Waals surface area contributed by atoms with Crippen molar-refractivity contribution in [3.8, 4) is 10.6 Å². The lowest BCUT2D eigenvalue weighted by atomic mass is 10.2. The third-order valence-corrected chi connectivity index (χ3v) is 4.62. The Morgan fingerprint density at radius 1 is 1.43 bits per heavy atom. The summed E-state index contributed by atoms with van der Waals surface area (Å²) in [4.78, 5) is 12.9. The van der Waals surface area contributed by atoms with Crippen LogP contribution in [0.4, 0.5) is 4.39 Å². The lowest BCUT2D eigenvalue weighted by molar-refractivity contribution is -0.121. The van der Waals surface area contributed by atoms with Crippen LogP contribution in [0.1, 0.15) is 18.6 Å². The summed E-state index contributed by atoms with van der Waals surface area (Å²) in [6, 6.07) is 7.88. The van der Waals surface area contributed by atoms with E-state index in [9.17, 15) is 9.18 Å². The van der Waals surface area contributed by atoms with Crippen LogP contribution in [0.2, 0.25) is 0 Å². The highest BCUT2D eigenvalue weighted by Crippen LogP contribution is 2.26. The lowest BCUT2D eigenvalue weighted by Gasteiger charge is -2.10. The normalized spacial score (nSPS) is 20.2. The van der Waals surface area contributed by atoms with E-state index in [-0.39, 0.29) is 24.4 Å². The minimum atomic E-state index is -0.791. The van der Waals surface area contributed by atoms with Crippen molar-refractivity contribution in [3.63, 3.8) is 0 Å². The Hall–Kier alpha value is -1.37. The molecule has 4 nitrogen and oxygen atoms in total. The fourth-order valence-corrected chi connectivity index (χ4v) is 3.24. The second-order valence-corrected chi connectivity index (χ2v) is 6.43. The van der Waals surface area contributed by atoms with E-state index in [1.54, 1.807) is 11.3 Å². The molecule has 2 atom stereocenters. The van der Waals surface area contributed by atoms with Gasteiger partial charge in [-0.1, -0.05) is 6.07 Å². The number of nitrogens with one attached hydrogen (secondary N) is 2. The van der Waals surface area contributed by atoms with E-state index >= 15 is 0 Å². The highest BCUT2D eigenvalue weighted by molar-refractivity contribution is 7.13. The molecule has 0 radical (unpaired) electrons. The predicted octanol–water partition coefficient (Wildman–Crippen LogP) is 3.18. The number of amides is 1. The van der Waals surface area contributed by atoms with Crippen molar-refractivity contribution in [3.05, 3.63) is 35.4 Å². The minimum Gasteiger partial charge on any atom is -0.460 e. The van der Waals surface area contributed by atoms with Gasteiger partial charge in [-0.15, -0.1) is 23.7 Å². The van der Waals surface area contributed by atoms with Gasteiger partial charge in [0.05, 0.1) is 4.88 Å². The standard InChI is InChI=1S/C16H19FN2O2S.ClH/c17-11-8-12(18-9-11)10-19-16(20)6-4-13-3-5-14(21-13)15-2-1-7-22-15;/h1-3,5,7,11-12,18H,4,6,8-10H2,(H,19,20);1H/t11-,12-;/m0./s1. The average molecular weight is 359 g/mol. The monoisotopic (exact) mass is 358 g/mol. The lowest BCUT2D eigenvalue weighted by Crippen LogP contribution is -2.37. The van der Waals surface area contributed by atoms with Gasteiger partial charge in [-0.3, -0.25) is 4.79 Å². The van der Waals surface area contributed by atoms with E-state index in [1.807, 2.05) is 29.6 Å². The van der Waals surface area contributed by atoms with Crippen molar-refractivity contribution in [1.29, 1.82) is 0 Å². The third-order valence-electron chi connectivity index (χ3n) is 3.74. The smallest absolute Gasteiger partial charge is 0.220 e. The molecule has 2 aromatic heterocycles. The first-order chi connectivity index (χ1) is 10.7. The van der Waals surface area contributed by atoms with Crippen LogP contribution in [0.15, 0.2) is 34.1 Å². The Morgan fingerprint density at radius 3 is 3.00 bits per heavy atom. The van der Waals surface area contributed by atoms with Crippen LogP contribution in [0.3, 0.4) is 0 Å². The van der Waals surface area contributed by atoms with E-state index in [4.69, 9.17) is 4.42 Å². The molecule has 1 fully saturated rings. The topological polar surface area (TPSA) is 54.3 Å². The molecule has 2 N–H and O–H groups in total. The molecule has 0 aliphatic carbocycles. The molecule has 1 saturated heterocycles. The zero-order valence-corrected chi connectivity index (χ0v) is 14.2. The molecule has 7 heteroatoms. The van der Waals surface area contributed by atoms with E-state index in [0.29, 0.717) is 32.4 Å². The number of hydrogen-bond donors (Lipinski definition) is 2. The molecule has 3 heterocycles. The molecule has 0 spiro atoms. The van der Waals surface area contributed by atoms with Crippen LogP contribution in [-0.4, -0.2) is 31.2 Å². The van der Waals surface area contributed by atoms with Crippen molar-refractivity contribution in [2.24, 2.45) is 0 Å². The summed E-state index contributed by atoms with van der Waals surface area (Å²) in [6.45, 7) is 0.871. The summed E-state index contributed by atoms with van der Waals surface area (Å²) in [6.07, 6.45) is 0.632. The molecule has 23 heavy (non-hydrogen) atoms. The minimum absolute atomic E-state index is 0. The molecule has 1 aliphatic heterocycles. The first-order valence-corrected chi connectivity index (χ1v) is 8.35. The van der Waals surface area contributed by atoms with Crippen molar-refractivity contribution < 1.29 is 13.6 Å². The van der Waals surface area contributed by atoms with Gasteiger partial charge in [-0.25, -0.2) is 4.39 Å². The number of hydrogen-bond acceptors (Lipinski definition) is 4. The molecular formula is C16H20ClFN2O2S. The molecule has 2 aromatic rings. The van der Waals surface area contributed by atoms with Crippen molar-refractivity contribution in [2.45, 2.75) is 31.5 Å². The Balaban J connectivity index is 0.00000192. The molecule has 126 valence electrons. The van der Waals surface area contributed by atoms with E-state index < -0.39 is 6.17 Å². The molecule has 0 saturated carbocycles. The number of aryl methyl sites for hydroxylation is 1. The van der Waals surface area contributed by atoms with Gasteiger partial charge in [0.25, 0.3) is 0 Å². The van der Waals surface area contributed by atoms with Gasteiger partial charge < -0.3 is 15.1 Å². The van der Waals surface area contributed by atoms with Crippen molar-refractivity contribution >= 4 is 29.7 Å². The molecular weight excluding hydrogens is 339 g/mol. The molecule has 0 aromatic carbocycles. The number of rotatable bonds is 6. The molecule has 1 amide bonds. The molecule has 0 unspecified atom stereocenters. The number of thiophene rings is 1. The fraction of sp³-hybridized carbons (Fsp3) is 0.438. The maximum atomic E-state index is 13.0. The zero-order chi connectivity index (χ0) is 15.4. The zero-order valence-electron chi connectivity index (χ0n) is 12.6. The van der Waals surface area contributed by atoms with Crippen LogP contribution in [0, 0.1) is 0 Å². The Morgan fingerprint density at radius 2 is 2.30 bits per heavy atom. The Kier molecular flexibility index (Phi) is 6.62. The number of carbonyl (C=O) groups is 1. The van der Waals surface area contributed by atoms with Crippen LogP contribution < -0.4 is 10.6 Å². The van der Waals surface area contributed by atoms with Crippen molar-refractivity contribution in [2.75, 3.05) is 13.1 Å². The Bertz CT molecular complexity index is 617. The summed E-state index contributed by atoms with van der Waals surface area (Å²) in [5.74, 6) is 1.62. The third kappa shape index (κ3) is 5.06. The molecule has 0 bridgehead atoms. The SMILES string of the molecule is Cl.O=C(CCc1ccc(-c2cccs2)o1)NC[C@@H]1C[C@H](F)CN1. The number of furan rings is 1. The Labute approximate surface area is 144 Å². The highest BCUT2D eigenvalue weighted by Gasteiger charge is 2.23. The largest absolute Gasteiger partial charge is 0.460 e. The van der Waals surface area contributed by atoms with Gasteiger partial charge in [0.1, 0.15) is 17.7 Å². The summed E-state index contributed by atoms with van der Waals surface area (Å²) < 4.78 is 18.7. The van der Waals surface area contributed by atoms with E-state index in [0.717, 1.165) is 16.4 Å². The average Bonchev–Trinajstić information content (AvgIpc) is 3.23. The number of alkyl halides is 1. The summed E-state index contributed by atoms with van der Waals surface area (Å²) >= 11 is 1.63. The first kappa shape index (κ1) is 18.0. The number of carbonyl (C=O) groups excluding carboxylic acids is 1. The van der Waals surface area contributed by atoms with Crippen LogP contribution in [-0.2, 0) is 11.2 Å². The van der Waals surface area contributed by atoms with Gasteiger partial charge in [-0.2, -0.15) is 0 Å². The maximum absolute atomic E-state index is 13.0. The summed E-state index contributed by atoms with van der Waals surface area (Å²) in [7, 11) is 0. The van der Waals surface area contributed by atoms with E-state index in [2.05, 4.69) is 10.6 Å². The van der Waals surface area contributed by atoms with Crippen LogP contribution in [0.5, 0.6) is 0 Å². The van der Waals surface area contributed by atoms with Gasteiger partial charge in [0, 0.05) is 32.0 Å². The highest BCUT2D eigenvalue weighted by atomic mass is 35.5. The van der Waals surface area contributed by atoms with E-state index in [1.165, 1.54) is 0 Å². The molecule has 1 aliphatic rings. The second-order valence-electron chi connectivity index (χ2n) is 5.49. The fourth-order valence-electron chi connectivity index (χ4n) is 2.55. The second kappa shape index (κ2) is 8.47. The van der Waals surface area contributed by atoms with Crippen LogP contribution >= 0.6 is 23.7 Å². The van der Waals surface area contributed by atoms with Crippen LogP contribution in [0.25, 0.3) is 10.6 Å². The van der Waals surface area contributed by atoms with Gasteiger partial charge in [-0.05, 0) is 30.0 Å². The van der Waals surface area contributed by atoms with Gasteiger partial charge in [0.2, 0.25) is 5.91 Å². The predicted molar refractivity (Wildman–Crippen MR) is 91.9 cm³/mol. The summed E-state index contributed by atoms with van der Waals surface area (Å²) in [5.41, 5.74) is 0. The van der Waals surface area contributed by atoms with Crippen molar-refractivity contribution in [1.82, 2.24) is 10.6 Å². The number of halogens is 2. The summed E-state index contributed by atoms with van der Waals surface area (Å²) in [5, 5.41) is 7.89. The molecule has 3 rings (SSSR count). The quantitative estimate of drug-likeness (QED) is 0.833. The first-order valence-electron chi connectivity index (χ1n) is 7.47. The maximum Gasteiger partial charge on any atom is 0.220 e. The van der Waals surface area contributed by atoms with Gasteiger partial charge in [0.15, 0.2) is 0 Å².